The number of hydrogen-bond donors (Lipinski definition) is 0. The van der Waals surface area contributed by atoms with Crippen LogP contribution < -0.4 is 146 Å². The molecule has 5 aromatic carbocycles. The average Bonchev–Trinajstić information content (AvgIpc) is 3.03. The van der Waals surface area contributed by atoms with E-state index in [9.17, 15) is 19.6 Å². The largest absolute Gasteiger partial charge is 2.00 e. The van der Waals surface area contributed by atoms with Gasteiger partial charge >= 0.3 is 161 Å². The molecule has 0 bridgehead atoms. The Hall–Kier alpha value is 4.53. The molecule has 57 heavy (non-hydrogen) atoms. The Morgan fingerprint density at radius 1 is 0.298 bits per heavy atom. The van der Waals surface area contributed by atoms with E-state index in [4.69, 9.17) is 23.7 Å². The van der Waals surface area contributed by atoms with Crippen LogP contribution in [0.4, 0.5) is 0 Å². The number of halogens is 7. The molecule has 0 N–H and O–H groups in total. The molecule has 0 heterocycles. The molecule has 5 aromatic rings. The number of hydrogen-bond acceptors (Lipinski definition) is 9. The minimum absolute atomic E-state index is 0. The Balaban J connectivity index is -0.0000000403. The van der Waals surface area contributed by atoms with Gasteiger partial charge in [0.15, 0.2) is 0 Å². The molecule has 0 spiro atoms. The molecule has 0 aliphatic heterocycles. The van der Waals surface area contributed by atoms with Gasteiger partial charge in [-0.1, -0.05) is 133 Å². The van der Waals surface area contributed by atoms with Gasteiger partial charge in [0.2, 0.25) is 8.60 Å². The van der Waals surface area contributed by atoms with E-state index in [2.05, 4.69) is 0 Å². The van der Waals surface area contributed by atoms with E-state index in [1.165, 1.54) is 0 Å². The maximum atomic E-state index is 12.0. The Labute approximate surface area is 496 Å². The van der Waals surface area contributed by atoms with Crippen molar-refractivity contribution in [2.75, 3.05) is 0 Å². The van der Waals surface area contributed by atoms with Crippen LogP contribution in [0.3, 0.4) is 0 Å². The van der Waals surface area contributed by atoms with Crippen LogP contribution in [0.15, 0.2) is 152 Å². The quantitative estimate of drug-likeness (QED) is 0.113. The molecule has 0 amide bonds. The molecular formula is C30H25Cl7Mg7O9P4. The van der Waals surface area contributed by atoms with Gasteiger partial charge < -0.3 is 139 Å². The van der Waals surface area contributed by atoms with Gasteiger partial charge in [0, 0.05) is 0 Å². The summed E-state index contributed by atoms with van der Waals surface area (Å²) in [6.07, 6.45) is 0. The molecule has 0 aromatic heterocycles. The summed E-state index contributed by atoms with van der Waals surface area (Å²) in [6.45, 7) is 0. The zero-order valence-electron chi connectivity index (χ0n) is 30.0. The van der Waals surface area contributed by atoms with Crippen molar-refractivity contribution in [3.8, 4) is 11.5 Å². The van der Waals surface area contributed by atoms with Crippen molar-refractivity contribution < 1.29 is 130 Å². The SMILES string of the molecule is [Cl-].[Cl-].[Cl-].[Cl-].[Cl-].[Cl-].[Cl-].[Mg+2].[Mg+2].[Mg+2].[Mg+2].[Mg+2].[Mg+2].[Mg+2].[O-]P(Oc1ccccc1)Oc1ccccc1.[O-]P([O-])[O-].[O-]P([O-])c1ccccc1.[O-]P(c1ccccc1)c1ccccc1. The van der Waals surface area contributed by atoms with Crippen LogP contribution in [0.1, 0.15) is 0 Å². The first-order valence-corrected chi connectivity index (χ1v) is 16.9. The predicted octanol–water partition coefficient (Wildman–Crippen LogP) is -22.9. The third-order valence-corrected chi connectivity index (χ3v) is 7.77. The van der Waals surface area contributed by atoms with E-state index in [-0.39, 0.29) is 248 Å². The van der Waals surface area contributed by atoms with E-state index < -0.39 is 33.7 Å². The van der Waals surface area contributed by atoms with E-state index >= 15 is 0 Å². The van der Waals surface area contributed by atoms with Crippen molar-refractivity contribution >= 4 is 211 Å². The van der Waals surface area contributed by atoms with Crippen molar-refractivity contribution in [3.63, 3.8) is 0 Å². The number of benzene rings is 5. The van der Waals surface area contributed by atoms with E-state index in [1.807, 2.05) is 72.8 Å². The molecule has 0 atom stereocenters. The predicted molar refractivity (Wildman–Crippen MR) is 200 cm³/mol. The van der Waals surface area contributed by atoms with Gasteiger partial charge in [-0.05, 0) is 34.9 Å². The van der Waals surface area contributed by atoms with Crippen molar-refractivity contribution in [1.29, 1.82) is 0 Å². The maximum absolute atomic E-state index is 12.0. The Bertz CT molecular complexity index is 1330. The van der Waals surface area contributed by atoms with E-state index in [0.29, 0.717) is 16.8 Å². The number of para-hydroxylation sites is 2. The molecule has 0 radical (unpaired) electrons. The molecular weight excluding hydrogens is 1050 g/mol. The van der Waals surface area contributed by atoms with Crippen molar-refractivity contribution in [3.05, 3.63) is 152 Å². The molecule has 0 fully saturated rings. The van der Waals surface area contributed by atoms with Crippen molar-refractivity contribution in [1.82, 2.24) is 0 Å². The first-order valence-electron chi connectivity index (χ1n) is 12.3. The van der Waals surface area contributed by atoms with Crippen molar-refractivity contribution in [2.45, 2.75) is 0 Å². The first-order chi connectivity index (χ1) is 20.8. The van der Waals surface area contributed by atoms with Crippen LogP contribution >= 0.6 is 33.7 Å². The summed E-state index contributed by atoms with van der Waals surface area (Å²) < 4.78 is 10.2. The van der Waals surface area contributed by atoms with Gasteiger partial charge in [0.1, 0.15) is 11.5 Å². The van der Waals surface area contributed by atoms with E-state index in [1.54, 1.807) is 78.9 Å². The monoisotopic (exact) mass is 1070 g/mol. The van der Waals surface area contributed by atoms with Crippen LogP contribution in [0, 0.1) is 0 Å². The van der Waals surface area contributed by atoms with Gasteiger partial charge in [-0.2, -0.15) is 0 Å². The van der Waals surface area contributed by atoms with Crippen LogP contribution in [0.5, 0.6) is 11.5 Å². The molecule has 27 heteroatoms. The molecule has 0 unspecified atom stereocenters. The molecule has 0 saturated heterocycles. The summed E-state index contributed by atoms with van der Waals surface area (Å²) in [6, 6.07) is 45.2. The summed E-state index contributed by atoms with van der Waals surface area (Å²) in [7, 11) is -9.37. The third-order valence-electron chi connectivity index (χ3n) is 4.79. The number of rotatable bonds is 7. The van der Waals surface area contributed by atoms with E-state index in [0.717, 1.165) is 10.6 Å². The minimum atomic E-state index is -3.37. The summed E-state index contributed by atoms with van der Waals surface area (Å²) >= 11 is 0. The fourth-order valence-electron chi connectivity index (χ4n) is 2.98. The minimum Gasteiger partial charge on any atom is -1.00 e. The Morgan fingerprint density at radius 2 is 0.491 bits per heavy atom. The molecule has 282 valence electrons. The molecule has 0 aliphatic rings. The topological polar surface area (TPSA) is 180 Å². The first kappa shape index (κ1) is 95.7. The Morgan fingerprint density at radius 3 is 0.684 bits per heavy atom. The molecule has 5 rings (SSSR count). The molecule has 0 saturated carbocycles. The molecule has 9 nitrogen and oxygen atoms in total. The summed E-state index contributed by atoms with van der Waals surface area (Å²) in [5.74, 6) is 1.05. The Kier molecular flexibility index (Phi) is 105. The molecule has 0 aliphatic carbocycles. The standard InChI is InChI=1S/C12H10O3P.C12H10OP.C6H5O2P.7ClH.7Mg.O3P/c13-16(14-11-7-3-1-4-8-11)15-12-9-5-2-6-10-12;13-14(11-7-3-1-4-8-11)12-9-5-2-6-10-12;7-9(8)6-4-2-1-3-5-6;;;;;;;;;;;;;;;1-4(2)3/h1-10H;1-10H;1-5H;7*1H;;;;;;;;/q2*-1;-2;;;;;;;;7*+2;-3/p-7. The van der Waals surface area contributed by atoms with Crippen LogP contribution in [-0.2, 0) is 0 Å². The zero-order valence-corrected chi connectivity index (χ0v) is 48.8. The zero-order chi connectivity index (χ0) is 31.3. The maximum Gasteiger partial charge on any atom is 2.00 e. The second-order valence-electron chi connectivity index (χ2n) is 7.81. The fourth-order valence-corrected chi connectivity index (χ4v) is 5.20. The summed E-state index contributed by atoms with van der Waals surface area (Å²) in [5, 5.41) is 2.13. The average molecular weight is 1070 g/mol. The van der Waals surface area contributed by atoms with Gasteiger partial charge in [0.05, 0.1) is 0 Å². The van der Waals surface area contributed by atoms with Crippen molar-refractivity contribution in [2.24, 2.45) is 0 Å². The summed E-state index contributed by atoms with van der Waals surface area (Å²) in [5.41, 5.74) is 0. The summed E-state index contributed by atoms with van der Waals surface area (Å²) in [4.78, 5) is 69.4. The second-order valence-corrected chi connectivity index (χ2v) is 11.7. The smallest absolute Gasteiger partial charge is 1.00 e. The van der Waals surface area contributed by atoms with Crippen LogP contribution in [-0.4, -0.2) is 161 Å². The van der Waals surface area contributed by atoms with Crippen LogP contribution in [0.2, 0.25) is 0 Å². The third kappa shape index (κ3) is 49.8. The van der Waals surface area contributed by atoms with Gasteiger partial charge in [-0.15, -0.1) is 8.15 Å². The fraction of sp³-hybridized carbons (Fsp3) is 0. The van der Waals surface area contributed by atoms with Gasteiger partial charge in [-0.3, -0.25) is 8.38 Å². The second kappa shape index (κ2) is 62.6. The normalized spacial score (nSPS) is 7.63. The van der Waals surface area contributed by atoms with Crippen LogP contribution in [0.25, 0.3) is 0 Å². The van der Waals surface area contributed by atoms with Gasteiger partial charge in [-0.25, -0.2) is 0 Å². The van der Waals surface area contributed by atoms with Gasteiger partial charge in [0.25, 0.3) is 0 Å².